The number of amides is 2. The summed E-state index contributed by atoms with van der Waals surface area (Å²) in [6, 6.07) is 13.2. The number of carbonyl (C=O) groups excluding carboxylic acids is 2. The second-order valence-corrected chi connectivity index (χ2v) is 8.34. The summed E-state index contributed by atoms with van der Waals surface area (Å²) < 4.78 is 5.62. The molecule has 1 N–H and O–H groups in total. The summed E-state index contributed by atoms with van der Waals surface area (Å²) in [7, 11) is 0. The maximum absolute atomic E-state index is 12.5. The van der Waals surface area contributed by atoms with Gasteiger partial charge in [-0.3, -0.25) is 9.59 Å². The summed E-state index contributed by atoms with van der Waals surface area (Å²) in [5.41, 5.74) is 2.64. The van der Waals surface area contributed by atoms with Crippen LogP contribution >= 0.6 is 11.6 Å². The number of rotatable bonds is 7. The van der Waals surface area contributed by atoms with Crippen LogP contribution in [0, 0.1) is 5.92 Å². The highest BCUT2D eigenvalue weighted by molar-refractivity contribution is 6.34. The van der Waals surface area contributed by atoms with E-state index in [9.17, 15) is 9.59 Å². The monoisotopic (exact) mass is 443 g/mol. The fourth-order valence-corrected chi connectivity index (χ4v) is 3.90. The van der Waals surface area contributed by atoms with Crippen molar-refractivity contribution in [1.29, 1.82) is 0 Å². The number of halogens is 1. The molecular formula is C24H30ClN3O3. The van der Waals surface area contributed by atoms with Gasteiger partial charge in [0.25, 0.3) is 5.91 Å². The van der Waals surface area contributed by atoms with Crippen molar-refractivity contribution in [1.82, 2.24) is 4.90 Å². The second kappa shape index (κ2) is 10.5. The summed E-state index contributed by atoms with van der Waals surface area (Å²) in [6.45, 7) is 8.41. The third-order valence-electron chi connectivity index (χ3n) is 5.36. The minimum atomic E-state index is -0.253. The highest BCUT2D eigenvalue weighted by atomic mass is 35.5. The predicted octanol–water partition coefficient (Wildman–Crippen LogP) is 4.22. The molecule has 0 aliphatic carbocycles. The Bertz CT molecular complexity index is 907. The molecule has 31 heavy (non-hydrogen) atoms. The lowest BCUT2D eigenvalue weighted by Gasteiger charge is -2.38. The minimum Gasteiger partial charge on any atom is -0.484 e. The first-order chi connectivity index (χ1) is 14.9. The van der Waals surface area contributed by atoms with Crippen molar-refractivity contribution in [2.45, 2.75) is 27.2 Å². The van der Waals surface area contributed by atoms with Gasteiger partial charge in [0.1, 0.15) is 5.75 Å². The van der Waals surface area contributed by atoms with Crippen LogP contribution < -0.4 is 15.0 Å². The van der Waals surface area contributed by atoms with Gasteiger partial charge >= 0.3 is 0 Å². The van der Waals surface area contributed by atoms with Gasteiger partial charge in [-0.1, -0.05) is 50.6 Å². The molecule has 0 spiro atoms. The van der Waals surface area contributed by atoms with Crippen molar-refractivity contribution in [2.24, 2.45) is 5.92 Å². The molecule has 2 amide bonds. The van der Waals surface area contributed by atoms with Gasteiger partial charge in [0.15, 0.2) is 6.61 Å². The summed E-state index contributed by atoms with van der Waals surface area (Å²) in [6.07, 6.45) is 0.957. The molecule has 0 radical (unpaired) electrons. The fraction of sp³-hybridized carbons (Fsp3) is 0.417. The molecule has 1 aliphatic heterocycles. The van der Waals surface area contributed by atoms with Crippen molar-refractivity contribution in [2.75, 3.05) is 43.0 Å². The van der Waals surface area contributed by atoms with E-state index in [2.05, 4.69) is 17.1 Å². The van der Waals surface area contributed by atoms with Crippen molar-refractivity contribution in [3.63, 3.8) is 0 Å². The van der Waals surface area contributed by atoms with Crippen LogP contribution in [0.3, 0.4) is 0 Å². The molecular weight excluding hydrogens is 414 g/mol. The van der Waals surface area contributed by atoms with Crippen molar-refractivity contribution in [3.05, 3.63) is 53.1 Å². The number of nitrogens with one attached hydrogen (secondary N) is 1. The van der Waals surface area contributed by atoms with E-state index >= 15 is 0 Å². The van der Waals surface area contributed by atoms with Gasteiger partial charge in [0, 0.05) is 32.1 Å². The molecule has 0 bridgehead atoms. The highest BCUT2D eigenvalue weighted by Crippen LogP contribution is 2.34. The number of ether oxygens (including phenoxy) is 1. The lowest BCUT2D eigenvalue weighted by atomic mass is 10.1. The number of aryl methyl sites for hydroxylation is 1. The molecule has 0 aromatic heterocycles. The number of hydrogen-bond acceptors (Lipinski definition) is 4. The van der Waals surface area contributed by atoms with Crippen LogP contribution in [0.5, 0.6) is 5.75 Å². The zero-order valence-corrected chi connectivity index (χ0v) is 19.1. The SMILES string of the molecule is CCc1ccc(OCC(=O)Nc2cccc(Cl)c2N2CCN(C(=O)C(C)C)CC2)cc1. The van der Waals surface area contributed by atoms with E-state index < -0.39 is 0 Å². The first-order valence-corrected chi connectivity index (χ1v) is 11.1. The lowest BCUT2D eigenvalue weighted by Crippen LogP contribution is -2.50. The average Bonchev–Trinajstić information content (AvgIpc) is 2.78. The lowest BCUT2D eigenvalue weighted by molar-refractivity contribution is -0.134. The second-order valence-electron chi connectivity index (χ2n) is 7.94. The largest absolute Gasteiger partial charge is 0.484 e. The van der Waals surface area contributed by atoms with E-state index in [1.54, 1.807) is 0 Å². The van der Waals surface area contributed by atoms with Crippen molar-refractivity contribution in [3.8, 4) is 5.75 Å². The molecule has 3 rings (SSSR count). The Balaban J connectivity index is 1.62. The molecule has 166 valence electrons. The van der Waals surface area contributed by atoms with Crippen LogP contribution in [0.2, 0.25) is 5.02 Å². The number of benzene rings is 2. The van der Waals surface area contributed by atoms with Gasteiger partial charge in [0.05, 0.1) is 16.4 Å². The molecule has 2 aromatic carbocycles. The van der Waals surface area contributed by atoms with Gasteiger partial charge in [0.2, 0.25) is 5.91 Å². The summed E-state index contributed by atoms with van der Waals surface area (Å²) in [5, 5.41) is 3.49. The van der Waals surface area contributed by atoms with E-state index in [4.69, 9.17) is 16.3 Å². The van der Waals surface area contributed by atoms with Gasteiger partial charge < -0.3 is 19.9 Å². The van der Waals surface area contributed by atoms with Gasteiger partial charge in [-0.15, -0.1) is 0 Å². The Morgan fingerprint density at radius 2 is 1.74 bits per heavy atom. The number of carbonyl (C=O) groups is 2. The molecule has 1 aliphatic rings. The van der Waals surface area contributed by atoms with Gasteiger partial charge in [-0.25, -0.2) is 0 Å². The van der Waals surface area contributed by atoms with Crippen LogP contribution in [-0.2, 0) is 16.0 Å². The number of para-hydroxylation sites is 1. The van der Waals surface area contributed by atoms with Crippen molar-refractivity contribution >= 4 is 34.8 Å². The summed E-state index contributed by atoms with van der Waals surface area (Å²) in [5.74, 6) is 0.553. The number of anilines is 2. The van der Waals surface area contributed by atoms with E-state index in [-0.39, 0.29) is 24.3 Å². The third kappa shape index (κ3) is 5.91. The topological polar surface area (TPSA) is 61.9 Å². The molecule has 0 atom stereocenters. The first-order valence-electron chi connectivity index (χ1n) is 10.7. The molecule has 7 heteroatoms. The third-order valence-corrected chi connectivity index (χ3v) is 5.67. The van der Waals surface area contributed by atoms with E-state index in [0.717, 1.165) is 12.1 Å². The molecule has 6 nitrogen and oxygen atoms in total. The molecule has 1 fully saturated rings. The van der Waals surface area contributed by atoms with Crippen LogP contribution in [0.15, 0.2) is 42.5 Å². The smallest absolute Gasteiger partial charge is 0.262 e. The maximum atomic E-state index is 12.5. The average molecular weight is 444 g/mol. The Labute approximate surface area is 189 Å². The van der Waals surface area contributed by atoms with Gasteiger partial charge in [-0.05, 0) is 36.2 Å². The molecule has 1 heterocycles. The van der Waals surface area contributed by atoms with E-state index in [0.29, 0.717) is 42.6 Å². The summed E-state index contributed by atoms with van der Waals surface area (Å²) >= 11 is 6.49. The van der Waals surface area contributed by atoms with Crippen LogP contribution in [0.4, 0.5) is 11.4 Å². The first kappa shape index (κ1) is 22.9. The normalized spacial score (nSPS) is 14.0. The zero-order chi connectivity index (χ0) is 22.4. The number of piperazine rings is 1. The molecule has 2 aromatic rings. The molecule has 0 unspecified atom stereocenters. The predicted molar refractivity (Wildman–Crippen MR) is 125 cm³/mol. The van der Waals surface area contributed by atoms with Gasteiger partial charge in [-0.2, -0.15) is 0 Å². The van der Waals surface area contributed by atoms with Crippen LogP contribution in [0.1, 0.15) is 26.3 Å². The van der Waals surface area contributed by atoms with Crippen LogP contribution in [-0.4, -0.2) is 49.5 Å². The van der Waals surface area contributed by atoms with Crippen molar-refractivity contribution < 1.29 is 14.3 Å². The zero-order valence-electron chi connectivity index (χ0n) is 18.4. The van der Waals surface area contributed by atoms with Crippen LogP contribution in [0.25, 0.3) is 0 Å². The Kier molecular flexibility index (Phi) is 7.80. The molecule has 0 saturated carbocycles. The number of hydrogen-bond donors (Lipinski definition) is 1. The Hall–Kier alpha value is -2.73. The number of nitrogens with zero attached hydrogens (tertiary/aromatic N) is 2. The minimum absolute atomic E-state index is 0.0140. The van der Waals surface area contributed by atoms with E-state index in [1.165, 1.54) is 5.56 Å². The maximum Gasteiger partial charge on any atom is 0.262 e. The fourth-order valence-electron chi connectivity index (χ4n) is 3.61. The molecule has 1 saturated heterocycles. The quantitative estimate of drug-likeness (QED) is 0.695. The van der Waals surface area contributed by atoms with E-state index in [1.807, 2.05) is 61.2 Å². The Morgan fingerprint density at radius 1 is 1.06 bits per heavy atom. The highest BCUT2D eigenvalue weighted by Gasteiger charge is 2.25. The standard InChI is InChI=1S/C24H30ClN3O3/c1-4-18-8-10-19(11-9-18)31-16-22(29)26-21-7-5-6-20(25)23(21)27-12-14-28(15-13-27)24(30)17(2)3/h5-11,17H,4,12-16H2,1-3H3,(H,26,29). The summed E-state index contributed by atoms with van der Waals surface area (Å²) in [4.78, 5) is 28.8. The Morgan fingerprint density at radius 3 is 2.35 bits per heavy atom.